The monoisotopic (exact) mass is 331 g/mol. The Balaban J connectivity index is 1.57. The molecule has 0 unspecified atom stereocenters. The molecule has 2 aromatic rings. The number of carbonyl (C=O) groups is 1. The summed E-state index contributed by atoms with van der Waals surface area (Å²) in [4.78, 5) is 19.9. The molecule has 0 spiro atoms. The fraction of sp³-hybridized carbons (Fsp3) is 0.412. The second kappa shape index (κ2) is 5.92. The van der Waals surface area contributed by atoms with Gasteiger partial charge in [0, 0.05) is 18.7 Å². The van der Waals surface area contributed by atoms with E-state index in [4.69, 9.17) is 4.98 Å². The molecule has 6 heteroatoms. The number of likely N-dealkylation sites (tertiary alicyclic amines) is 1. The molecular formula is C17H18FN3OS. The first-order valence-corrected chi connectivity index (χ1v) is 8.83. The van der Waals surface area contributed by atoms with Gasteiger partial charge in [0.2, 0.25) is 0 Å². The summed E-state index contributed by atoms with van der Waals surface area (Å²) in [6.45, 7) is 1.71. The van der Waals surface area contributed by atoms with Crippen molar-refractivity contribution >= 4 is 17.4 Å². The quantitative estimate of drug-likeness (QED) is 0.911. The Hall–Kier alpha value is -1.95. The maximum absolute atomic E-state index is 13.1. The molecular weight excluding hydrogens is 313 g/mol. The SMILES string of the molecule is O=C(N[C@H]1CCCc2nc(-c3ccc(F)cc3)sc21)N1CCC1. The van der Waals surface area contributed by atoms with Crippen LogP contribution in [0.3, 0.4) is 0 Å². The predicted octanol–water partition coefficient (Wildman–Crippen LogP) is 3.74. The number of hydrogen-bond donors (Lipinski definition) is 1. The predicted molar refractivity (Wildman–Crippen MR) is 87.9 cm³/mol. The highest BCUT2D eigenvalue weighted by atomic mass is 32.1. The van der Waals surface area contributed by atoms with E-state index in [1.54, 1.807) is 23.5 Å². The number of nitrogens with one attached hydrogen (secondary N) is 1. The fourth-order valence-corrected chi connectivity index (χ4v) is 4.24. The number of rotatable bonds is 2. The summed E-state index contributed by atoms with van der Waals surface area (Å²) in [6, 6.07) is 6.52. The lowest BCUT2D eigenvalue weighted by Gasteiger charge is -2.33. The van der Waals surface area contributed by atoms with Gasteiger partial charge in [0.1, 0.15) is 10.8 Å². The van der Waals surface area contributed by atoms with E-state index in [1.807, 2.05) is 4.90 Å². The number of halogens is 1. The van der Waals surface area contributed by atoms with Gasteiger partial charge in [-0.05, 0) is 49.9 Å². The van der Waals surface area contributed by atoms with Gasteiger partial charge in [-0.15, -0.1) is 11.3 Å². The lowest BCUT2D eigenvalue weighted by molar-refractivity contribution is 0.163. The lowest BCUT2D eigenvalue weighted by Crippen LogP contribution is -2.48. The van der Waals surface area contributed by atoms with Crippen molar-refractivity contribution in [1.29, 1.82) is 0 Å². The molecule has 1 N–H and O–H groups in total. The van der Waals surface area contributed by atoms with Gasteiger partial charge in [-0.1, -0.05) is 0 Å². The Bertz CT molecular complexity index is 724. The first kappa shape index (κ1) is 14.6. The topological polar surface area (TPSA) is 45.2 Å². The van der Waals surface area contributed by atoms with Crippen LogP contribution in [0, 0.1) is 5.82 Å². The van der Waals surface area contributed by atoms with Crippen LogP contribution in [-0.4, -0.2) is 29.0 Å². The second-order valence-corrected chi connectivity index (χ2v) is 7.10. The molecule has 4 rings (SSSR count). The summed E-state index contributed by atoms with van der Waals surface area (Å²) < 4.78 is 13.1. The van der Waals surface area contributed by atoms with Crippen molar-refractivity contribution in [2.75, 3.05) is 13.1 Å². The van der Waals surface area contributed by atoms with Crippen LogP contribution in [0.5, 0.6) is 0 Å². The molecule has 1 aromatic heterocycles. The van der Waals surface area contributed by atoms with E-state index >= 15 is 0 Å². The molecule has 2 aliphatic rings. The van der Waals surface area contributed by atoms with Crippen molar-refractivity contribution < 1.29 is 9.18 Å². The van der Waals surface area contributed by atoms with Crippen molar-refractivity contribution in [1.82, 2.24) is 15.2 Å². The lowest BCUT2D eigenvalue weighted by atomic mass is 9.98. The molecule has 4 nitrogen and oxygen atoms in total. The van der Waals surface area contributed by atoms with Gasteiger partial charge < -0.3 is 10.2 Å². The summed E-state index contributed by atoms with van der Waals surface area (Å²) in [5, 5.41) is 4.05. The Morgan fingerprint density at radius 2 is 2.04 bits per heavy atom. The molecule has 2 amide bonds. The third-order valence-electron chi connectivity index (χ3n) is 4.48. The van der Waals surface area contributed by atoms with Gasteiger partial charge in [0.15, 0.2) is 0 Å². The minimum Gasteiger partial charge on any atom is -0.330 e. The molecule has 1 aromatic carbocycles. The minimum absolute atomic E-state index is 0.0332. The smallest absolute Gasteiger partial charge is 0.317 e. The average Bonchev–Trinajstić information content (AvgIpc) is 2.91. The molecule has 0 saturated carbocycles. The van der Waals surface area contributed by atoms with Crippen molar-refractivity contribution in [3.63, 3.8) is 0 Å². The van der Waals surface area contributed by atoms with E-state index in [2.05, 4.69) is 5.32 Å². The highest BCUT2D eigenvalue weighted by Gasteiger charge is 2.29. The molecule has 1 aliphatic heterocycles. The molecule has 1 atom stereocenters. The summed E-state index contributed by atoms with van der Waals surface area (Å²) in [5.74, 6) is -0.241. The van der Waals surface area contributed by atoms with Crippen LogP contribution >= 0.6 is 11.3 Å². The maximum atomic E-state index is 13.1. The zero-order valence-corrected chi connectivity index (χ0v) is 13.5. The Morgan fingerprint density at radius 3 is 2.74 bits per heavy atom. The van der Waals surface area contributed by atoms with Crippen molar-refractivity contribution in [3.05, 3.63) is 40.7 Å². The number of nitrogens with zero attached hydrogens (tertiary/aromatic N) is 2. The summed E-state index contributed by atoms with van der Waals surface area (Å²) >= 11 is 1.61. The number of benzene rings is 1. The number of hydrogen-bond acceptors (Lipinski definition) is 3. The zero-order chi connectivity index (χ0) is 15.8. The van der Waals surface area contributed by atoms with Gasteiger partial charge in [-0.2, -0.15) is 0 Å². The molecule has 1 saturated heterocycles. The van der Waals surface area contributed by atoms with Crippen LogP contribution in [0.1, 0.15) is 35.9 Å². The average molecular weight is 331 g/mol. The van der Waals surface area contributed by atoms with Crippen LogP contribution in [0.4, 0.5) is 9.18 Å². The van der Waals surface area contributed by atoms with Crippen LogP contribution in [0.15, 0.2) is 24.3 Å². The largest absolute Gasteiger partial charge is 0.330 e. The Labute approximate surface area is 138 Å². The highest BCUT2D eigenvalue weighted by Crippen LogP contribution is 2.38. The molecule has 1 aliphatic carbocycles. The van der Waals surface area contributed by atoms with Crippen LogP contribution in [-0.2, 0) is 6.42 Å². The summed E-state index contributed by atoms with van der Waals surface area (Å²) in [6.07, 6.45) is 4.03. The number of amides is 2. The van der Waals surface area contributed by atoms with Crippen LogP contribution in [0.25, 0.3) is 10.6 Å². The molecule has 2 heterocycles. The van der Waals surface area contributed by atoms with Crippen molar-refractivity contribution in [2.24, 2.45) is 0 Å². The second-order valence-electron chi connectivity index (χ2n) is 6.07. The fourth-order valence-electron chi connectivity index (χ4n) is 3.03. The first-order chi connectivity index (χ1) is 11.2. The normalized spacial score (nSPS) is 19.9. The molecule has 120 valence electrons. The summed E-state index contributed by atoms with van der Waals surface area (Å²) in [5.41, 5.74) is 2.01. The minimum atomic E-state index is -0.241. The van der Waals surface area contributed by atoms with E-state index < -0.39 is 0 Å². The van der Waals surface area contributed by atoms with E-state index in [-0.39, 0.29) is 17.9 Å². The molecule has 23 heavy (non-hydrogen) atoms. The zero-order valence-electron chi connectivity index (χ0n) is 12.7. The van der Waals surface area contributed by atoms with E-state index in [9.17, 15) is 9.18 Å². The number of urea groups is 1. The third-order valence-corrected chi connectivity index (χ3v) is 5.74. The molecule has 0 radical (unpaired) electrons. The molecule has 1 fully saturated rings. The number of thiazole rings is 1. The van der Waals surface area contributed by atoms with E-state index in [1.165, 1.54) is 12.1 Å². The first-order valence-electron chi connectivity index (χ1n) is 8.02. The maximum Gasteiger partial charge on any atom is 0.317 e. The van der Waals surface area contributed by atoms with E-state index in [0.29, 0.717) is 0 Å². The highest BCUT2D eigenvalue weighted by molar-refractivity contribution is 7.15. The number of aryl methyl sites for hydroxylation is 1. The Morgan fingerprint density at radius 1 is 1.26 bits per heavy atom. The van der Waals surface area contributed by atoms with Gasteiger partial charge in [0.25, 0.3) is 0 Å². The van der Waals surface area contributed by atoms with Crippen LogP contribution in [0.2, 0.25) is 0 Å². The van der Waals surface area contributed by atoms with Crippen LogP contribution < -0.4 is 5.32 Å². The van der Waals surface area contributed by atoms with Gasteiger partial charge in [0.05, 0.1) is 16.6 Å². The Kier molecular flexibility index (Phi) is 3.77. The number of carbonyl (C=O) groups excluding carboxylic acids is 1. The van der Waals surface area contributed by atoms with Crippen molar-refractivity contribution in [3.8, 4) is 10.6 Å². The number of fused-ring (bicyclic) bond motifs is 1. The molecule has 0 bridgehead atoms. The van der Waals surface area contributed by atoms with Gasteiger partial charge >= 0.3 is 6.03 Å². The third kappa shape index (κ3) is 2.83. The van der Waals surface area contributed by atoms with Gasteiger partial charge in [-0.3, -0.25) is 0 Å². The van der Waals surface area contributed by atoms with E-state index in [0.717, 1.165) is 59.9 Å². The van der Waals surface area contributed by atoms with Crippen molar-refractivity contribution in [2.45, 2.75) is 31.7 Å². The van der Waals surface area contributed by atoms with Gasteiger partial charge in [-0.25, -0.2) is 14.2 Å². The summed E-state index contributed by atoms with van der Waals surface area (Å²) in [7, 11) is 0. The number of aromatic nitrogens is 1. The standard InChI is InChI=1S/C17H18FN3OS/c18-12-7-5-11(6-8-12)16-19-13-3-1-4-14(15(13)23-16)20-17(22)21-9-2-10-21/h5-8,14H,1-4,9-10H2,(H,20,22)/t14-/m0/s1.